The number of hydrogen-bond acceptors (Lipinski definition) is 3. The number of halogens is 2. The van der Waals surface area contributed by atoms with Gasteiger partial charge in [-0.1, -0.05) is 29.3 Å². The van der Waals surface area contributed by atoms with E-state index in [9.17, 15) is 4.79 Å². The standard InChI is InChI=1S/C13H17Cl2N3O/c1-17(9-12(19)18-6-2-3-7-18)8-10-4-5-11(14)16-13(10)15/h4-5H,2-3,6-9H2,1H3. The lowest BCUT2D eigenvalue weighted by molar-refractivity contribution is -0.131. The lowest BCUT2D eigenvalue weighted by Crippen LogP contribution is -2.37. The first-order valence-electron chi connectivity index (χ1n) is 6.33. The molecule has 1 amide bonds. The number of amides is 1. The number of carbonyl (C=O) groups is 1. The average molecular weight is 302 g/mol. The third-order valence-electron chi connectivity index (χ3n) is 3.20. The van der Waals surface area contributed by atoms with E-state index in [-0.39, 0.29) is 5.91 Å². The Kier molecular flexibility index (Phi) is 5.02. The number of pyridine rings is 1. The van der Waals surface area contributed by atoms with Crippen LogP contribution in [0.15, 0.2) is 12.1 Å². The van der Waals surface area contributed by atoms with Crippen LogP contribution in [0.25, 0.3) is 0 Å². The SMILES string of the molecule is CN(CC(=O)N1CCCC1)Cc1ccc(Cl)nc1Cl. The highest BCUT2D eigenvalue weighted by Gasteiger charge is 2.19. The van der Waals surface area contributed by atoms with Gasteiger partial charge < -0.3 is 4.90 Å². The Morgan fingerprint density at radius 3 is 2.68 bits per heavy atom. The molecule has 1 aliphatic rings. The van der Waals surface area contributed by atoms with Crippen LogP contribution in [-0.2, 0) is 11.3 Å². The van der Waals surface area contributed by atoms with Gasteiger partial charge in [0.1, 0.15) is 10.3 Å². The number of aromatic nitrogens is 1. The van der Waals surface area contributed by atoms with Crippen molar-refractivity contribution in [1.82, 2.24) is 14.8 Å². The molecular formula is C13H17Cl2N3O. The van der Waals surface area contributed by atoms with E-state index in [1.807, 2.05) is 22.9 Å². The summed E-state index contributed by atoms with van der Waals surface area (Å²) in [7, 11) is 1.90. The molecule has 0 aliphatic carbocycles. The van der Waals surface area contributed by atoms with Gasteiger partial charge >= 0.3 is 0 Å². The van der Waals surface area contributed by atoms with E-state index in [2.05, 4.69) is 4.98 Å². The van der Waals surface area contributed by atoms with Crippen LogP contribution in [-0.4, -0.2) is 47.4 Å². The van der Waals surface area contributed by atoms with E-state index in [4.69, 9.17) is 23.2 Å². The average Bonchev–Trinajstić information content (AvgIpc) is 2.86. The molecule has 0 unspecified atom stereocenters. The van der Waals surface area contributed by atoms with Crippen molar-refractivity contribution in [2.24, 2.45) is 0 Å². The fourth-order valence-electron chi connectivity index (χ4n) is 2.20. The Morgan fingerprint density at radius 2 is 2.05 bits per heavy atom. The highest BCUT2D eigenvalue weighted by molar-refractivity contribution is 6.32. The van der Waals surface area contributed by atoms with E-state index >= 15 is 0 Å². The monoisotopic (exact) mass is 301 g/mol. The van der Waals surface area contributed by atoms with Crippen LogP contribution in [0.4, 0.5) is 0 Å². The van der Waals surface area contributed by atoms with Gasteiger partial charge in [-0.3, -0.25) is 9.69 Å². The number of likely N-dealkylation sites (tertiary alicyclic amines) is 1. The highest BCUT2D eigenvalue weighted by Crippen LogP contribution is 2.18. The molecule has 0 N–H and O–H groups in total. The lowest BCUT2D eigenvalue weighted by Gasteiger charge is -2.21. The minimum atomic E-state index is 0.179. The Bertz CT molecular complexity index is 461. The van der Waals surface area contributed by atoms with Gasteiger partial charge in [-0.2, -0.15) is 0 Å². The smallest absolute Gasteiger partial charge is 0.236 e. The summed E-state index contributed by atoms with van der Waals surface area (Å²) in [5, 5.41) is 0.775. The van der Waals surface area contributed by atoms with E-state index in [1.165, 1.54) is 0 Å². The first-order chi connectivity index (χ1) is 9.06. The second kappa shape index (κ2) is 6.55. The zero-order valence-electron chi connectivity index (χ0n) is 10.9. The summed E-state index contributed by atoms with van der Waals surface area (Å²) in [6.07, 6.45) is 2.23. The largest absolute Gasteiger partial charge is 0.342 e. The number of carbonyl (C=O) groups excluding carboxylic acids is 1. The maximum Gasteiger partial charge on any atom is 0.236 e. The molecule has 0 spiro atoms. The van der Waals surface area contributed by atoms with E-state index < -0.39 is 0 Å². The van der Waals surface area contributed by atoms with E-state index in [0.29, 0.717) is 23.4 Å². The molecule has 1 aliphatic heterocycles. The molecule has 4 nitrogen and oxygen atoms in total. The van der Waals surface area contributed by atoms with Gasteiger partial charge in [-0.05, 0) is 26.0 Å². The first kappa shape index (κ1) is 14.6. The molecule has 19 heavy (non-hydrogen) atoms. The van der Waals surface area contributed by atoms with Crippen LogP contribution < -0.4 is 0 Å². The second-order valence-electron chi connectivity index (χ2n) is 4.84. The molecule has 0 aromatic carbocycles. The molecule has 2 heterocycles. The van der Waals surface area contributed by atoms with Crippen LogP contribution in [0.1, 0.15) is 18.4 Å². The van der Waals surface area contributed by atoms with Crippen molar-refractivity contribution >= 4 is 29.1 Å². The molecule has 6 heteroatoms. The predicted octanol–water partition coefficient (Wildman–Crippen LogP) is 2.44. The fourth-order valence-corrected chi connectivity index (χ4v) is 2.61. The minimum Gasteiger partial charge on any atom is -0.342 e. The van der Waals surface area contributed by atoms with E-state index in [0.717, 1.165) is 31.5 Å². The number of nitrogens with zero attached hydrogens (tertiary/aromatic N) is 3. The summed E-state index contributed by atoms with van der Waals surface area (Å²) in [4.78, 5) is 19.8. The first-order valence-corrected chi connectivity index (χ1v) is 7.09. The molecule has 1 aromatic heterocycles. The molecule has 1 aromatic rings. The molecule has 1 saturated heterocycles. The van der Waals surface area contributed by atoms with Crippen LogP contribution in [0.5, 0.6) is 0 Å². The number of rotatable bonds is 4. The zero-order chi connectivity index (χ0) is 13.8. The molecular weight excluding hydrogens is 285 g/mol. The molecule has 104 valence electrons. The van der Waals surface area contributed by atoms with E-state index in [1.54, 1.807) is 6.07 Å². The quantitative estimate of drug-likeness (QED) is 0.802. The van der Waals surface area contributed by atoms with Gasteiger partial charge in [0.2, 0.25) is 5.91 Å². The number of likely N-dealkylation sites (N-methyl/N-ethyl adjacent to an activating group) is 1. The van der Waals surface area contributed by atoms with Crippen molar-refractivity contribution < 1.29 is 4.79 Å². The van der Waals surface area contributed by atoms with Crippen molar-refractivity contribution in [1.29, 1.82) is 0 Å². The normalized spacial score (nSPS) is 15.3. The highest BCUT2D eigenvalue weighted by atomic mass is 35.5. The van der Waals surface area contributed by atoms with Gasteiger partial charge in [-0.25, -0.2) is 4.98 Å². The van der Waals surface area contributed by atoms with Crippen molar-refractivity contribution in [3.63, 3.8) is 0 Å². The van der Waals surface area contributed by atoms with Crippen LogP contribution in [0, 0.1) is 0 Å². The predicted molar refractivity (Wildman–Crippen MR) is 76.4 cm³/mol. The summed E-state index contributed by atoms with van der Waals surface area (Å²) < 4.78 is 0. The van der Waals surface area contributed by atoms with Gasteiger partial charge in [0.15, 0.2) is 0 Å². The maximum atomic E-state index is 12.0. The van der Waals surface area contributed by atoms with Crippen molar-refractivity contribution in [2.45, 2.75) is 19.4 Å². The second-order valence-corrected chi connectivity index (χ2v) is 5.59. The topological polar surface area (TPSA) is 36.4 Å². The van der Waals surface area contributed by atoms with Crippen molar-refractivity contribution in [3.05, 3.63) is 28.0 Å². The maximum absolute atomic E-state index is 12.0. The Labute approximate surface area is 123 Å². The molecule has 0 bridgehead atoms. The molecule has 1 fully saturated rings. The lowest BCUT2D eigenvalue weighted by atomic mass is 10.2. The Hall–Kier alpha value is -0.840. The Balaban J connectivity index is 1.89. The van der Waals surface area contributed by atoms with Crippen LogP contribution >= 0.6 is 23.2 Å². The van der Waals surface area contributed by atoms with Crippen LogP contribution in [0.3, 0.4) is 0 Å². The summed E-state index contributed by atoms with van der Waals surface area (Å²) in [5.41, 5.74) is 0.878. The summed E-state index contributed by atoms with van der Waals surface area (Å²) in [6, 6.07) is 3.55. The zero-order valence-corrected chi connectivity index (χ0v) is 12.4. The molecule has 0 saturated carbocycles. The van der Waals surface area contributed by atoms with Gasteiger partial charge in [0, 0.05) is 25.2 Å². The van der Waals surface area contributed by atoms with Gasteiger partial charge in [0.05, 0.1) is 6.54 Å². The molecule has 2 rings (SSSR count). The van der Waals surface area contributed by atoms with Crippen molar-refractivity contribution in [3.8, 4) is 0 Å². The minimum absolute atomic E-state index is 0.179. The third kappa shape index (κ3) is 4.06. The van der Waals surface area contributed by atoms with Crippen LogP contribution in [0.2, 0.25) is 10.3 Å². The summed E-state index contributed by atoms with van der Waals surface area (Å²) >= 11 is 11.8. The summed E-state index contributed by atoms with van der Waals surface area (Å²) in [6.45, 7) is 2.76. The fraction of sp³-hybridized carbons (Fsp3) is 0.538. The summed E-state index contributed by atoms with van der Waals surface area (Å²) in [5.74, 6) is 0.179. The van der Waals surface area contributed by atoms with Crippen molar-refractivity contribution in [2.75, 3.05) is 26.7 Å². The Morgan fingerprint density at radius 1 is 1.37 bits per heavy atom. The third-order valence-corrected chi connectivity index (χ3v) is 3.73. The number of hydrogen-bond donors (Lipinski definition) is 0. The molecule has 0 radical (unpaired) electrons. The van der Waals surface area contributed by atoms with Gasteiger partial charge in [-0.15, -0.1) is 0 Å². The molecule has 0 atom stereocenters. The van der Waals surface area contributed by atoms with Gasteiger partial charge in [0.25, 0.3) is 0 Å².